The van der Waals surface area contributed by atoms with Gasteiger partial charge in [0.15, 0.2) is 0 Å². The number of likely N-dealkylation sites (tertiary alicyclic amines) is 1. The highest BCUT2D eigenvalue weighted by Crippen LogP contribution is 2.08. The lowest BCUT2D eigenvalue weighted by molar-refractivity contribution is -0.125. The van der Waals surface area contributed by atoms with E-state index in [-0.39, 0.29) is 19.1 Å². The lowest BCUT2D eigenvalue weighted by Gasteiger charge is -2.05. The SMILES string of the molecule is C=CC.C=CN1CCCC1=O.OCCO. The van der Waals surface area contributed by atoms with Crippen molar-refractivity contribution >= 4 is 5.91 Å². The number of allylic oxidation sites excluding steroid dienone is 1. The third-order valence-corrected chi connectivity index (χ3v) is 1.43. The van der Waals surface area contributed by atoms with Gasteiger partial charge in [0, 0.05) is 13.0 Å². The second-order valence-corrected chi connectivity index (χ2v) is 2.73. The summed E-state index contributed by atoms with van der Waals surface area (Å²) in [5, 5.41) is 15.2. The molecule has 0 radical (unpaired) electrons. The van der Waals surface area contributed by atoms with E-state index in [4.69, 9.17) is 10.2 Å². The first-order valence-electron chi connectivity index (χ1n) is 4.88. The molecule has 1 aliphatic heterocycles. The molecular weight excluding hydrogens is 194 g/mol. The zero-order valence-electron chi connectivity index (χ0n) is 9.35. The Kier molecular flexibility index (Phi) is 14.0. The third kappa shape index (κ3) is 10.8. The van der Waals surface area contributed by atoms with Gasteiger partial charge in [0.25, 0.3) is 0 Å². The maximum absolute atomic E-state index is 10.7. The second-order valence-electron chi connectivity index (χ2n) is 2.73. The Labute approximate surface area is 91.5 Å². The minimum atomic E-state index is -0.125. The fourth-order valence-electron chi connectivity index (χ4n) is 0.862. The highest BCUT2D eigenvalue weighted by atomic mass is 16.3. The molecule has 88 valence electrons. The maximum atomic E-state index is 10.7. The highest BCUT2D eigenvalue weighted by molar-refractivity contribution is 5.78. The molecule has 1 amide bonds. The van der Waals surface area contributed by atoms with Gasteiger partial charge in [-0.05, 0) is 19.5 Å². The van der Waals surface area contributed by atoms with Gasteiger partial charge < -0.3 is 15.1 Å². The first kappa shape index (κ1) is 16.3. The van der Waals surface area contributed by atoms with Crippen LogP contribution in [0.3, 0.4) is 0 Å². The fraction of sp³-hybridized carbons (Fsp3) is 0.545. The highest BCUT2D eigenvalue weighted by Gasteiger charge is 2.15. The van der Waals surface area contributed by atoms with E-state index >= 15 is 0 Å². The van der Waals surface area contributed by atoms with E-state index in [1.54, 1.807) is 17.2 Å². The summed E-state index contributed by atoms with van der Waals surface area (Å²) in [5.74, 6) is 0.208. The molecule has 0 aromatic carbocycles. The predicted molar refractivity (Wildman–Crippen MR) is 61.2 cm³/mol. The quantitative estimate of drug-likeness (QED) is 0.673. The van der Waals surface area contributed by atoms with Crippen LogP contribution in [0.2, 0.25) is 0 Å². The van der Waals surface area contributed by atoms with Crippen molar-refractivity contribution in [1.82, 2.24) is 4.90 Å². The topological polar surface area (TPSA) is 60.8 Å². The molecule has 1 heterocycles. The van der Waals surface area contributed by atoms with Crippen molar-refractivity contribution < 1.29 is 15.0 Å². The van der Waals surface area contributed by atoms with Gasteiger partial charge in [-0.2, -0.15) is 0 Å². The van der Waals surface area contributed by atoms with E-state index in [1.807, 2.05) is 6.92 Å². The average Bonchev–Trinajstić information content (AvgIpc) is 2.65. The monoisotopic (exact) mass is 215 g/mol. The molecule has 0 unspecified atom stereocenters. The Morgan fingerprint density at radius 2 is 1.87 bits per heavy atom. The molecule has 0 aromatic rings. The van der Waals surface area contributed by atoms with E-state index < -0.39 is 0 Å². The fourth-order valence-corrected chi connectivity index (χ4v) is 0.862. The summed E-state index contributed by atoms with van der Waals surface area (Å²) in [6.45, 7) is 9.36. The zero-order valence-corrected chi connectivity index (χ0v) is 9.35. The van der Waals surface area contributed by atoms with Gasteiger partial charge in [-0.15, -0.1) is 6.58 Å². The number of hydrogen-bond donors (Lipinski definition) is 2. The van der Waals surface area contributed by atoms with Crippen molar-refractivity contribution in [2.45, 2.75) is 19.8 Å². The van der Waals surface area contributed by atoms with Crippen LogP contribution in [-0.2, 0) is 4.79 Å². The molecule has 1 saturated heterocycles. The standard InChI is InChI=1S/C6H9NO.C3H6.C2H6O2/c1-2-7-5-3-4-6(7)8;1-3-2;3-1-2-4/h2H,1,3-5H2;3H,1H2,2H3;3-4H,1-2H2. The van der Waals surface area contributed by atoms with Crippen molar-refractivity contribution in [1.29, 1.82) is 0 Å². The Bertz CT molecular complexity index is 179. The van der Waals surface area contributed by atoms with Gasteiger partial charge in [0.1, 0.15) is 0 Å². The summed E-state index contributed by atoms with van der Waals surface area (Å²) in [6, 6.07) is 0. The van der Waals surface area contributed by atoms with Crippen molar-refractivity contribution in [3.63, 3.8) is 0 Å². The molecule has 1 fully saturated rings. The van der Waals surface area contributed by atoms with Gasteiger partial charge in [-0.1, -0.05) is 12.7 Å². The first-order chi connectivity index (χ1) is 7.17. The van der Waals surface area contributed by atoms with Crippen LogP contribution in [0.1, 0.15) is 19.8 Å². The number of rotatable bonds is 2. The molecule has 4 heteroatoms. The minimum absolute atomic E-state index is 0.125. The smallest absolute Gasteiger partial charge is 0.226 e. The van der Waals surface area contributed by atoms with Crippen molar-refractivity contribution in [2.75, 3.05) is 19.8 Å². The van der Waals surface area contributed by atoms with Crippen molar-refractivity contribution in [3.8, 4) is 0 Å². The number of hydrogen-bond acceptors (Lipinski definition) is 3. The largest absolute Gasteiger partial charge is 0.394 e. The van der Waals surface area contributed by atoms with Gasteiger partial charge >= 0.3 is 0 Å². The molecule has 0 aromatic heterocycles. The number of nitrogens with zero attached hydrogens (tertiary/aromatic N) is 1. The van der Waals surface area contributed by atoms with E-state index in [9.17, 15) is 4.79 Å². The molecule has 4 nitrogen and oxygen atoms in total. The Morgan fingerprint density at radius 3 is 2.00 bits per heavy atom. The zero-order chi connectivity index (χ0) is 12.1. The van der Waals surface area contributed by atoms with Crippen LogP contribution in [0, 0.1) is 0 Å². The van der Waals surface area contributed by atoms with Crippen LogP contribution in [0.15, 0.2) is 25.4 Å². The normalized spacial score (nSPS) is 13.3. The lowest BCUT2D eigenvalue weighted by Crippen LogP contribution is -2.16. The number of aliphatic hydroxyl groups is 2. The van der Waals surface area contributed by atoms with Crippen molar-refractivity contribution in [3.05, 3.63) is 25.4 Å². The first-order valence-corrected chi connectivity index (χ1v) is 4.88. The summed E-state index contributed by atoms with van der Waals surface area (Å²) < 4.78 is 0. The molecule has 0 bridgehead atoms. The lowest BCUT2D eigenvalue weighted by atomic mass is 10.4. The molecule has 0 spiro atoms. The average molecular weight is 215 g/mol. The Morgan fingerprint density at radius 1 is 1.40 bits per heavy atom. The van der Waals surface area contributed by atoms with Crippen LogP contribution in [0.5, 0.6) is 0 Å². The molecule has 15 heavy (non-hydrogen) atoms. The molecule has 1 aliphatic rings. The summed E-state index contributed by atoms with van der Waals surface area (Å²) in [6.07, 6.45) is 5.03. The predicted octanol–water partition coefficient (Wildman–Crippen LogP) is 0.916. The molecule has 2 N–H and O–H groups in total. The Balaban J connectivity index is 0. The van der Waals surface area contributed by atoms with Gasteiger partial charge in [0.2, 0.25) is 5.91 Å². The second kappa shape index (κ2) is 12.9. The molecule has 0 aliphatic carbocycles. The van der Waals surface area contributed by atoms with E-state index in [0.29, 0.717) is 6.42 Å². The number of amides is 1. The summed E-state index contributed by atoms with van der Waals surface area (Å²) in [5.41, 5.74) is 0. The number of aliphatic hydroxyl groups excluding tert-OH is 2. The minimum Gasteiger partial charge on any atom is -0.394 e. The molecular formula is C11H21NO3. The number of carbonyl (C=O) groups excluding carboxylic acids is 1. The number of carbonyl (C=O) groups is 1. The molecule has 0 atom stereocenters. The van der Waals surface area contributed by atoms with Crippen molar-refractivity contribution in [2.24, 2.45) is 0 Å². The Hall–Kier alpha value is -1.13. The maximum Gasteiger partial charge on any atom is 0.226 e. The van der Waals surface area contributed by atoms with E-state index in [0.717, 1.165) is 13.0 Å². The van der Waals surface area contributed by atoms with Gasteiger partial charge in [-0.3, -0.25) is 4.79 Å². The van der Waals surface area contributed by atoms with Crippen LogP contribution < -0.4 is 0 Å². The van der Waals surface area contributed by atoms with Crippen LogP contribution in [0.4, 0.5) is 0 Å². The van der Waals surface area contributed by atoms with E-state index in [2.05, 4.69) is 13.2 Å². The summed E-state index contributed by atoms with van der Waals surface area (Å²) in [4.78, 5) is 12.3. The third-order valence-electron chi connectivity index (χ3n) is 1.43. The van der Waals surface area contributed by atoms with Crippen LogP contribution in [-0.4, -0.2) is 40.8 Å². The van der Waals surface area contributed by atoms with Gasteiger partial charge in [-0.25, -0.2) is 0 Å². The van der Waals surface area contributed by atoms with Crippen LogP contribution in [0.25, 0.3) is 0 Å². The summed E-state index contributed by atoms with van der Waals surface area (Å²) in [7, 11) is 0. The summed E-state index contributed by atoms with van der Waals surface area (Å²) >= 11 is 0. The van der Waals surface area contributed by atoms with E-state index in [1.165, 1.54) is 0 Å². The van der Waals surface area contributed by atoms with Gasteiger partial charge in [0.05, 0.1) is 13.2 Å². The molecule has 0 saturated carbocycles. The van der Waals surface area contributed by atoms with Crippen LogP contribution >= 0.6 is 0 Å². The molecule has 1 rings (SSSR count).